The Labute approximate surface area is 147 Å². The van der Waals surface area contributed by atoms with E-state index in [0.29, 0.717) is 6.42 Å². The number of hydrogen-bond acceptors (Lipinski definition) is 2. The molecule has 1 aromatic heterocycles. The largest absolute Gasteiger partial charge is 0.383 e. The molecule has 23 heavy (non-hydrogen) atoms. The van der Waals surface area contributed by atoms with Gasteiger partial charge in [-0.3, -0.25) is 4.79 Å². The standard InChI is InChI=1S/C17H19FN2O.2ClH/c1-17(2)10-19-14-9-12(16(21)20(3)15(14)17)8-11-4-6-13(18)7-5-11;;/h4-7,9,19H,8,10H2,1-3H3;2*1H. The van der Waals surface area contributed by atoms with Crippen LogP contribution in [0.4, 0.5) is 10.1 Å². The lowest BCUT2D eigenvalue weighted by atomic mass is 9.90. The van der Waals surface area contributed by atoms with E-state index in [2.05, 4.69) is 19.2 Å². The summed E-state index contributed by atoms with van der Waals surface area (Å²) in [6.45, 7) is 5.09. The summed E-state index contributed by atoms with van der Waals surface area (Å²) in [5.74, 6) is -0.260. The molecule has 3 nitrogen and oxygen atoms in total. The molecule has 0 spiro atoms. The van der Waals surface area contributed by atoms with Crippen LogP contribution < -0.4 is 10.9 Å². The number of nitrogens with one attached hydrogen (secondary N) is 1. The molecule has 2 aromatic rings. The molecule has 0 radical (unpaired) electrons. The SMILES string of the molecule is Cl.Cl.Cn1c2c(cc(Cc3ccc(F)cc3)c1=O)NCC2(C)C. The topological polar surface area (TPSA) is 34.0 Å². The Morgan fingerprint density at radius 2 is 1.83 bits per heavy atom. The van der Waals surface area contributed by atoms with Gasteiger partial charge in [0.1, 0.15) is 5.82 Å². The highest BCUT2D eigenvalue weighted by Crippen LogP contribution is 2.35. The Hall–Kier alpha value is -1.52. The second kappa shape index (κ2) is 6.93. The highest BCUT2D eigenvalue weighted by atomic mass is 35.5. The van der Waals surface area contributed by atoms with Crippen LogP contribution in [0.15, 0.2) is 35.1 Å². The molecular weight excluding hydrogens is 338 g/mol. The van der Waals surface area contributed by atoms with E-state index < -0.39 is 0 Å². The van der Waals surface area contributed by atoms with Crippen LogP contribution in [0.2, 0.25) is 0 Å². The molecule has 0 fully saturated rings. The van der Waals surface area contributed by atoms with E-state index in [1.165, 1.54) is 12.1 Å². The van der Waals surface area contributed by atoms with Crippen molar-refractivity contribution in [1.82, 2.24) is 4.57 Å². The molecule has 0 unspecified atom stereocenters. The monoisotopic (exact) mass is 358 g/mol. The van der Waals surface area contributed by atoms with Crippen LogP contribution in [0.5, 0.6) is 0 Å². The number of aromatic nitrogens is 1. The number of nitrogens with zero attached hydrogens (tertiary/aromatic N) is 1. The average molecular weight is 359 g/mol. The van der Waals surface area contributed by atoms with Crippen LogP contribution in [-0.4, -0.2) is 11.1 Å². The maximum Gasteiger partial charge on any atom is 0.254 e. The zero-order valence-corrected chi connectivity index (χ0v) is 15.0. The van der Waals surface area contributed by atoms with Crippen LogP contribution in [-0.2, 0) is 18.9 Å². The lowest BCUT2D eigenvalue weighted by molar-refractivity contribution is 0.535. The Morgan fingerprint density at radius 1 is 1.22 bits per heavy atom. The van der Waals surface area contributed by atoms with E-state index in [4.69, 9.17) is 0 Å². The minimum Gasteiger partial charge on any atom is -0.383 e. The number of rotatable bonds is 2. The summed E-state index contributed by atoms with van der Waals surface area (Å²) in [5, 5.41) is 3.37. The second-order valence-corrected chi connectivity index (χ2v) is 6.34. The van der Waals surface area contributed by atoms with Crippen molar-refractivity contribution >= 4 is 30.5 Å². The first-order chi connectivity index (χ1) is 9.88. The minimum atomic E-state index is -0.260. The Morgan fingerprint density at radius 3 is 2.43 bits per heavy atom. The lowest BCUT2D eigenvalue weighted by Gasteiger charge is -2.20. The van der Waals surface area contributed by atoms with Gasteiger partial charge in [-0.25, -0.2) is 4.39 Å². The Bertz CT molecular complexity index is 754. The zero-order valence-electron chi connectivity index (χ0n) is 13.4. The fourth-order valence-electron chi connectivity index (χ4n) is 3.10. The fraction of sp³-hybridized carbons (Fsp3) is 0.353. The smallest absolute Gasteiger partial charge is 0.254 e. The van der Waals surface area contributed by atoms with E-state index in [-0.39, 0.29) is 41.6 Å². The number of pyridine rings is 1. The van der Waals surface area contributed by atoms with E-state index in [1.807, 2.05) is 13.1 Å². The summed E-state index contributed by atoms with van der Waals surface area (Å²) in [5.41, 5.74) is 3.72. The van der Waals surface area contributed by atoms with Gasteiger partial charge in [0.2, 0.25) is 0 Å². The molecule has 2 heterocycles. The van der Waals surface area contributed by atoms with Gasteiger partial charge < -0.3 is 9.88 Å². The quantitative estimate of drug-likeness (QED) is 0.888. The normalized spacial score (nSPS) is 14.3. The van der Waals surface area contributed by atoms with Gasteiger partial charge in [0, 0.05) is 31.0 Å². The predicted molar refractivity (Wildman–Crippen MR) is 96.9 cm³/mol. The molecule has 0 aliphatic carbocycles. The van der Waals surface area contributed by atoms with Gasteiger partial charge >= 0.3 is 0 Å². The van der Waals surface area contributed by atoms with Crippen molar-refractivity contribution in [3.63, 3.8) is 0 Å². The Kier molecular flexibility index (Phi) is 5.89. The molecule has 1 aliphatic rings. The number of halogens is 3. The molecule has 1 aromatic carbocycles. The molecule has 6 heteroatoms. The molecule has 0 amide bonds. The van der Waals surface area contributed by atoms with Gasteiger partial charge in [-0.1, -0.05) is 26.0 Å². The lowest BCUT2D eigenvalue weighted by Crippen LogP contribution is -2.30. The van der Waals surface area contributed by atoms with Gasteiger partial charge in [-0.2, -0.15) is 0 Å². The van der Waals surface area contributed by atoms with Crippen molar-refractivity contribution in [1.29, 1.82) is 0 Å². The fourth-order valence-corrected chi connectivity index (χ4v) is 3.10. The molecule has 1 aliphatic heterocycles. The Balaban J connectivity index is 0.00000132. The third-order valence-electron chi connectivity index (χ3n) is 4.16. The van der Waals surface area contributed by atoms with E-state index in [0.717, 1.165) is 29.1 Å². The third kappa shape index (κ3) is 3.54. The van der Waals surface area contributed by atoms with Crippen LogP contribution >= 0.6 is 24.8 Å². The maximum atomic E-state index is 13.0. The van der Waals surface area contributed by atoms with E-state index in [1.54, 1.807) is 16.7 Å². The van der Waals surface area contributed by atoms with Crippen molar-refractivity contribution in [2.75, 3.05) is 11.9 Å². The molecular formula is C17H21Cl2FN2O. The first-order valence-electron chi connectivity index (χ1n) is 7.10. The van der Waals surface area contributed by atoms with E-state index in [9.17, 15) is 9.18 Å². The molecule has 0 saturated carbocycles. The molecule has 126 valence electrons. The summed E-state index contributed by atoms with van der Waals surface area (Å²) in [6.07, 6.45) is 0.516. The third-order valence-corrected chi connectivity index (χ3v) is 4.16. The first-order valence-corrected chi connectivity index (χ1v) is 7.10. The average Bonchev–Trinajstić information content (AvgIpc) is 2.73. The number of hydrogen-bond donors (Lipinski definition) is 1. The van der Waals surface area contributed by atoms with E-state index >= 15 is 0 Å². The van der Waals surface area contributed by atoms with Crippen LogP contribution in [0.1, 0.15) is 30.7 Å². The van der Waals surface area contributed by atoms with Gasteiger partial charge in [-0.05, 0) is 23.8 Å². The molecule has 3 rings (SSSR count). The van der Waals surface area contributed by atoms with Crippen molar-refractivity contribution in [3.05, 3.63) is 63.3 Å². The van der Waals surface area contributed by atoms with Crippen molar-refractivity contribution in [3.8, 4) is 0 Å². The highest BCUT2D eigenvalue weighted by Gasteiger charge is 2.33. The maximum absolute atomic E-state index is 13.0. The summed E-state index contributed by atoms with van der Waals surface area (Å²) in [4.78, 5) is 12.5. The summed E-state index contributed by atoms with van der Waals surface area (Å²) in [6, 6.07) is 8.23. The molecule has 0 bridgehead atoms. The molecule has 1 N–H and O–H groups in total. The van der Waals surface area contributed by atoms with Gasteiger partial charge in [0.25, 0.3) is 5.56 Å². The molecule has 0 saturated heterocycles. The van der Waals surface area contributed by atoms with Crippen LogP contribution in [0.25, 0.3) is 0 Å². The second-order valence-electron chi connectivity index (χ2n) is 6.34. The van der Waals surface area contributed by atoms with Gasteiger partial charge in [0.15, 0.2) is 0 Å². The summed E-state index contributed by atoms with van der Waals surface area (Å²) in [7, 11) is 1.82. The van der Waals surface area contributed by atoms with Crippen LogP contribution in [0.3, 0.4) is 0 Å². The number of anilines is 1. The number of benzene rings is 1. The highest BCUT2D eigenvalue weighted by molar-refractivity contribution is 5.85. The predicted octanol–water partition coefficient (Wildman–Crippen LogP) is 3.66. The van der Waals surface area contributed by atoms with Crippen molar-refractivity contribution in [2.24, 2.45) is 7.05 Å². The van der Waals surface area contributed by atoms with Gasteiger partial charge in [-0.15, -0.1) is 24.8 Å². The summed E-state index contributed by atoms with van der Waals surface area (Å²) < 4.78 is 14.7. The van der Waals surface area contributed by atoms with Crippen molar-refractivity contribution in [2.45, 2.75) is 25.7 Å². The minimum absolute atomic E-state index is 0. The summed E-state index contributed by atoms with van der Waals surface area (Å²) >= 11 is 0. The van der Waals surface area contributed by atoms with Crippen LogP contribution in [0, 0.1) is 5.82 Å². The first kappa shape index (κ1) is 19.5. The number of fused-ring (bicyclic) bond motifs is 1. The molecule has 0 atom stereocenters. The zero-order chi connectivity index (χ0) is 15.2. The van der Waals surface area contributed by atoms with Crippen molar-refractivity contribution < 1.29 is 4.39 Å². The van der Waals surface area contributed by atoms with Gasteiger partial charge in [0.05, 0.1) is 11.4 Å².